The second kappa shape index (κ2) is 9.74. The Morgan fingerprint density at radius 2 is 1.40 bits per heavy atom. The number of nitrogens with two attached hydrogens (primary N) is 1. The Morgan fingerprint density at radius 1 is 0.800 bits per heavy atom. The number of urea groups is 1. The third-order valence-corrected chi connectivity index (χ3v) is 5.12. The van der Waals surface area contributed by atoms with Crippen LogP contribution in [0.15, 0.2) is 78.9 Å². The molecule has 3 aromatic carbocycles. The van der Waals surface area contributed by atoms with Crippen LogP contribution < -0.4 is 16.4 Å². The van der Waals surface area contributed by atoms with Gasteiger partial charge in [0.15, 0.2) is 0 Å². The maximum atomic E-state index is 13.0. The molecule has 0 aliphatic rings. The molecular weight excluding hydrogens is 374 g/mol. The molecule has 5 heteroatoms. The van der Waals surface area contributed by atoms with Crippen molar-refractivity contribution in [3.8, 4) is 0 Å². The Hall–Kier alpha value is -3.60. The highest BCUT2D eigenvalue weighted by atomic mass is 16.2. The van der Waals surface area contributed by atoms with Crippen LogP contribution in [0.3, 0.4) is 0 Å². The number of hydrogen-bond acceptors (Lipinski definition) is 2. The van der Waals surface area contributed by atoms with E-state index in [0.29, 0.717) is 0 Å². The van der Waals surface area contributed by atoms with Gasteiger partial charge in [0.05, 0.1) is 18.5 Å². The quantitative estimate of drug-likeness (QED) is 0.551. The predicted octanol–water partition coefficient (Wildman–Crippen LogP) is 4.31. The minimum absolute atomic E-state index is 0.0863. The average Bonchev–Trinajstić information content (AvgIpc) is 2.73. The van der Waals surface area contributed by atoms with E-state index in [0.717, 1.165) is 27.8 Å². The summed E-state index contributed by atoms with van der Waals surface area (Å²) in [5, 5.41) is 5.84. The van der Waals surface area contributed by atoms with Gasteiger partial charge in [-0.05, 0) is 36.1 Å². The summed E-state index contributed by atoms with van der Waals surface area (Å²) in [6, 6.07) is 24.1. The van der Waals surface area contributed by atoms with Gasteiger partial charge in [0.2, 0.25) is 5.91 Å². The van der Waals surface area contributed by atoms with Crippen LogP contribution >= 0.6 is 0 Å². The monoisotopic (exact) mass is 401 g/mol. The topological polar surface area (TPSA) is 84.2 Å². The summed E-state index contributed by atoms with van der Waals surface area (Å²) < 4.78 is 0. The van der Waals surface area contributed by atoms with Crippen molar-refractivity contribution < 1.29 is 9.59 Å². The molecular formula is C25H27N3O2. The Labute approximate surface area is 177 Å². The van der Waals surface area contributed by atoms with Gasteiger partial charge < -0.3 is 16.4 Å². The molecule has 0 aliphatic carbocycles. The second-order valence-electron chi connectivity index (χ2n) is 7.44. The molecule has 5 nitrogen and oxygen atoms in total. The molecule has 30 heavy (non-hydrogen) atoms. The first-order chi connectivity index (χ1) is 14.4. The molecule has 2 atom stereocenters. The van der Waals surface area contributed by atoms with Crippen LogP contribution in [0.25, 0.3) is 0 Å². The molecule has 0 saturated heterocycles. The van der Waals surface area contributed by atoms with Gasteiger partial charge in [-0.1, -0.05) is 84.4 Å². The fourth-order valence-electron chi connectivity index (χ4n) is 3.56. The lowest BCUT2D eigenvalue weighted by Gasteiger charge is -2.23. The first-order valence-electron chi connectivity index (χ1n) is 9.96. The number of amides is 3. The van der Waals surface area contributed by atoms with Crippen LogP contribution in [-0.2, 0) is 4.79 Å². The first-order valence-corrected chi connectivity index (χ1v) is 9.96. The van der Waals surface area contributed by atoms with Crippen LogP contribution in [0.4, 0.5) is 4.79 Å². The minimum atomic E-state index is -0.658. The normalized spacial score (nSPS) is 12.6. The number of carbonyl (C=O) groups excluding carboxylic acids is 2. The Bertz CT molecular complexity index is 1000. The molecule has 0 aliphatic heterocycles. The zero-order chi connectivity index (χ0) is 21.5. The van der Waals surface area contributed by atoms with E-state index in [4.69, 9.17) is 5.73 Å². The third kappa shape index (κ3) is 5.47. The van der Waals surface area contributed by atoms with Gasteiger partial charge in [-0.15, -0.1) is 0 Å². The maximum absolute atomic E-state index is 13.0. The molecule has 0 saturated carbocycles. The Morgan fingerprint density at radius 3 is 2.03 bits per heavy atom. The van der Waals surface area contributed by atoms with Crippen molar-refractivity contribution >= 4 is 11.9 Å². The third-order valence-electron chi connectivity index (χ3n) is 5.12. The number of benzene rings is 3. The van der Waals surface area contributed by atoms with E-state index in [-0.39, 0.29) is 18.4 Å². The van der Waals surface area contributed by atoms with E-state index in [1.807, 2.05) is 92.7 Å². The number of nitrogens with one attached hydrogen (secondary N) is 2. The van der Waals surface area contributed by atoms with Crippen LogP contribution in [0, 0.1) is 13.8 Å². The van der Waals surface area contributed by atoms with Gasteiger partial charge in [0.1, 0.15) is 0 Å². The van der Waals surface area contributed by atoms with E-state index in [9.17, 15) is 9.59 Å². The summed E-state index contributed by atoms with van der Waals surface area (Å²) in [7, 11) is 0. The van der Waals surface area contributed by atoms with E-state index in [2.05, 4.69) is 10.6 Å². The molecule has 0 spiro atoms. The van der Waals surface area contributed by atoms with Crippen molar-refractivity contribution in [2.75, 3.05) is 0 Å². The van der Waals surface area contributed by atoms with E-state index in [1.165, 1.54) is 0 Å². The molecule has 4 N–H and O–H groups in total. The lowest BCUT2D eigenvalue weighted by atomic mass is 9.96. The molecule has 0 heterocycles. The SMILES string of the molecule is Cc1ccc([C@@H](NC(=O)C[C@@H](NC(N)=O)c2ccccc2C)c2ccccc2)cc1. The van der Waals surface area contributed by atoms with Gasteiger partial charge in [-0.2, -0.15) is 0 Å². The standard InChI is InChI=1S/C25H27N3O2/c1-17-12-14-20(15-13-17)24(19-9-4-3-5-10-19)28-23(29)16-22(27-25(26)30)21-11-7-6-8-18(21)2/h3-15,22,24H,16H2,1-2H3,(H,28,29)(H3,26,27,30)/t22-,24+/m1/s1. The lowest BCUT2D eigenvalue weighted by Crippen LogP contribution is -2.38. The van der Waals surface area contributed by atoms with Gasteiger partial charge in [0, 0.05) is 0 Å². The van der Waals surface area contributed by atoms with Gasteiger partial charge >= 0.3 is 6.03 Å². The van der Waals surface area contributed by atoms with Crippen molar-refractivity contribution in [3.05, 3.63) is 107 Å². The summed E-state index contributed by atoms with van der Waals surface area (Å²) in [6.45, 7) is 3.98. The van der Waals surface area contributed by atoms with Crippen molar-refractivity contribution in [3.63, 3.8) is 0 Å². The van der Waals surface area contributed by atoms with Gasteiger partial charge in [-0.3, -0.25) is 4.79 Å². The van der Waals surface area contributed by atoms with Crippen LogP contribution in [0.1, 0.15) is 46.3 Å². The van der Waals surface area contributed by atoms with E-state index in [1.54, 1.807) is 0 Å². The fourth-order valence-corrected chi connectivity index (χ4v) is 3.56. The van der Waals surface area contributed by atoms with E-state index >= 15 is 0 Å². The molecule has 0 bridgehead atoms. The molecule has 3 aromatic rings. The van der Waals surface area contributed by atoms with Crippen molar-refractivity contribution in [2.45, 2.75) is 32.4 Å². The smallest absolute Gasteiger partial charge is 0.312 e. The highest BCUT2D eigenvalue weighted by Crippen LogP contribution is 2.25. The van der Waals surface area contributed by atoms with Crippen molar-refractivity contribution in [1.29, 1.82) is 0 Å². The summed E-state index contributed by atoms with van der Waals surface area (Å²) in [6.07, 6.45) is 0.0863. The van der Waals surface area contributed by atoms with Crippen molar-refractivity contribution in [1.82, 2.24) is 10.6 Å². The van der Waals surface area contributed by atoms with Gasteiger partial charge in [-0.25, -0.2) is 4.79 Å². The summed E-state index contributed by atoms with van der Waals surface area (Å²) in [5.74, 6) is -0.175. The van der Waals surface area contributed by atoms with Crippen molar-refractivity contribution in [2.24, 2.45) is 5.73 Å². The maximum Gasteiger partial charge on any atom is 0.312 e. The molecule has 0 unspecified atom stereocenters. The van der Waals surface area contributed by atoms with Crippen LogP contribution in [0.5, 0.6) is 0 Å². The number of aryl methyl sites for hydroxylation is 2. The number of primary amides is 1. The zero-order valence-electron chi connectivity index (χ0n) is 17.3. The Kier molecular flexibility index (Phi) is 6.86. The molecule has 0 aromatic heterocycles. The second-order valence-corrected chi connectivity index (χ2v) is 7.44. The van der Waals surface area contributed by atoms with Crippen LogP contribution in [0.2, 0.25) is 0 Å². The average molecular weight is 402 g/mol. The molecule has 154 valence electrons. The predicted molar refractivity (Wildman–Crippen MR) is 119 cm³/mol. The number of carbonyl (C=O) groups is 2. The fraction of sp³-hybridized carbons (Fsp3) is 0.200. The summed E-state index contributed by atoms with van der Waals surface area (Å²) >= 11 is 0. The number of hydrogen-bond donors (Lipinski definition) is 3. The lowest BCUT2D eigenvalue weighted by molar-refractivity contribution is -0.122. The van der Waals surface area contributed by atoms with E-state index < -0.39 is 12.1 Å². The zero-order valence-corrected chi connectivity index (χ0v) is 17.3. The molecule has 0 fully saturated rings. The largest absolute Gasteiger partial charge is 0.352 e. The first kappa shape index (κ1) is 21.1. The van der Waals surface area contributed by atoms with Gasteiger partial charge in [0.25, 0.3) is 0 Å². The molecule has 0 radical (unpaired) electrons. The summed E-state index contributed by atoms with van der Waals surface area (Å²) in [4.78, 5) is 24.6. The molecule has 3 rings (SSSR count). The molecule has 3 amide bonds. The Balaban J connectivity index is 1.84. The minimum Gasteiger partial charge on any atom is -0.352 e. The highest BCUT2D eigenvalue weighted by Gasteiger charge is 2.22. The summed E-state index contributed by atoms with van der Waals surface area (Å²) in [5.41, 5.74) is 10.4. The van der Waals surface area contributed by atoms with Crippen LogP contribution in [-0.4, -0.2) is 11.9 Å². The highest BCUT2D eigenvalue weighted by molar-refractivity contribution is 5.79. The number of rotatable bonds is 7.